The molecule has 2 heterocycles. The van der Waals surface area contributed by atoms with E-state index >= 15 is 0 Å². The number of thiocarbonyl (C=S) groups is 1. The lowest BCUT2D eigenvalue weighted by molar-refractivity contribution is -0.122. The van der Waals surface area contributed by atoms with Crippen molar-refractivity contribution in [2.75, 3.05) is 11.4 Å². The summed E-state index contributed by atoms with van der Waals surface area (Å²) < 4.78 is 14.4. The summed E-state index contributed by atoms with van der Waals surface area (Å²) in [5.74, 6) is -0.834. The van der Waals surface area contributed by atoms with Gasteiger partial charge in [0.15, 0.2) is 0 Å². The maximum atomic E-state index is 13.1. The molecular weight excluding hydrogens is 463 g/mol. The number of halogens is 2. The lowest BCUT2D eigenvalue weighted by atomic mass is 10.1. The Balaban J connectivity index is 1.75. The molecule has 0 unspecified atom stereocenters. The van der Waals surface area contributed by atoms with Gasteiger partial charge in [-0.2, -0.15) is 0 Å². The van der Waals surface area contributed by atoms with Crippen LogP contribution in [0.5, 0.6) is 0 Å². The Bertz CT molecular complexity index is 1050. The first kappa shape index (κ1) is 19.3. The number of likely N-dealkylation sites (N-methyl/N-ethyl adjacent to an activating group) is 1. The molecule has 0 radical (unpaired) electrons. The summed E-state index contributed by atoms with van der Waals surface area (Å²) in [6.45, 7) is 2.64. The molecular formula is C20H14BrFN2O2S2. The van der Waals surface area contributed by atoms with Crippen LogP contribution in [-0.4, -0.2) is 27.6 Å². The fourth-order valence-electron chi connectivity index (χ4n) is 3.30. The van der Waals surface area contributed by atoms with Crippen molar-refractivity contribution in [3.8, 4) is 0 Å². The summed E-state index contributed by atoms with van der Waals surface area (Å²) in [6, 6.07) is 11.5. The molecule has 2 amide bonds. The van der Waals surface area contributed by atoms with E-state index in [9.17, 15) is 14.0 Å². The average molecular weight is 477 g/mol. The van der Waals surface area contributed by atoms with E-state index < -0.39 is 0 Å². The van der Waals surface area contributed by atoms with E-state index in [1.165, 1.54) is 17.0 Å². The van der Waals surface area contributed by atoms with Crippen LogP contribution in [0, 0.1) is 5.82 Å². The third kappa shape index (κ3) is 3.19. The molecule has 1 saturated heterocycles. The van der Waals surface area contributed by atoms with E-state index in [0.717, 1.165) is 33.0 Å². The zero-order valence-electron chi connectivity index (χ0n) is 14.7. The number of anilines is 1. The fraction of sp³-hybridized carbons (Fsp3) is 0.150. The number of benzene rings is 2. The summed E-state index contributed by atoms with van der Waals surface area (Å²) in [4.78, 5) is 29.6. The lowest BCUT2D eigenvalue weighted by Crippen LogP contribution is -2.29. The van der Waals surface area contributed by atoms with Crippen molar-refractivity contribution in [2.45, 2.75) is 13.5 Å². The molecule has 0 aliphatic carbocycles. The first-order valence-electron chi connectivity index (χ1n) is 8.55. The molecule has 2 aliphatic heterocycles. The van der Waals surface area contributed by atoms with Gasteiger partial charge in [0.05, 0.1) is 22.7 Å². The molecule has 0 bridgehead atoms. The zero-order valence-corrected chi connectivity index (χ0v) is 18.0. The second-order valence-corrected chi connectivity index (χ2v) is 8.86. The van der Waals surface area contributed by atoms with Gasteiger partial charge in [-0.05, 0) is 42.8 Å². The molecule has 28 heavy (non-hydrogen) atoms. The van der Waals surface area contributed by atoms with Crippen LogP contribution in [0.4, 0.5) is 10.1 Å². The summed E-state index contributed by atoms with van der Waals surface area (Å²) >= 11 is 9.98. The number of nitrogens with zero attached hydrogens (tertiary/aromatic N) is 2. The quantitative estimate of drug-likeness (QED) is 0.474. The van der Waals surface area contributed by atoms with Crippen molar-refractivity contribution in [3.05, 3.63) is 68.8 Å². The molecule has 4 rings (SSSR count). The van der Waals surface area contributed by atoms with Gasteiger partial charge in [0.25, 0.3) is 11.8 Å². The van der Waals surface area contributed by atoms with Gasteiger partial charge in [0, 0.05) is 16.6 Å². The lowest BCUT2D eigenvalue weighted by Gasteiger charge is -2.14. The van der Waals surface area contributed by atoms with Gasteiger partial charge < -0.3 is 4.90 Å². The Morgan fingerprint density at radius 1 is 1.07 bits per heavy atom. The van der Waals surface area contributed by atoms with E-state index in [2.05, 4.69) is 15.9 Å². The number of thioether (sulfide) groups is 1. The molecule has 1 fully saturated rings. The molecule has 0 spiro atoms. The number of fused-ring (bicyclic) bond motifs is 1. The van der Waals surface area contributed by atoms with Gasteiger partial charge in [0.2, 0.25) is 0 Å². The van der Waals surface area contributed by atoms with Crippen molar-refractivity contribution in [1.29, 1.82) is 0 Å². The van der Waals surface area contributed by atoms with Gasteiger partial charge in [0.1, 0.15) is 10.1 Å². The number of hydrogen-bond acceptors (Lipinski definition) is 4. The van der Waals surface area contributed by atoms with E-state index in [-0.39, 0.29) is 24.2 Å². The minimum absolute atomic E-state index is 0.196. The Hall–Kier alpha value is -2.03. The molecule has 4 nitrogen and oxygen atoms in total. The van der Waals surface area contributed by atoms with Gasteiger partial charge in [-0.15, -0.1) is 0 Å². The minimum Gasteiger partial charge on any atom is -0.308 e. The highest BCUT2D eigenvalue weighted by Gasteiger charge is 2.41. The highest BCUT2D eigenvalue weighted by Crippen LogP contribution is 2.45. The second-order valence-electron chi connectivity index (χ2n) is 6.30. The van der Waals surface area contributed by atoms with Crippen molar-refractivity contribution in [2.24, 2.45) is 0 Å². The Kier molecular flexibility index (Phi) is 5.11. The van der Waals surface area contributed by atoms with Crippen LogP contribution in [0.15, 0.2) is 51.8 Å². The number of carbonyl (C=O) groups excluding carboxylic acids is 2. The molecule has 2 aliphatic rings. The summed E-state index contributed by atoms with van der Waals surface area (Å²) in [5, 5.41) is 0. The molecule has 0 N–H and O–H groups in total. The van der Waals surface area contributed by atoms with Gasteiger partial charge in [-0.1, -0.05) is 52.0 Å². The van der Waals surface area contributed by atoms with Crippen LogP contribution in [0.1, 0.15) is 18.1 Å². The number of hydrogen-bond donors (Lipinski definition) is 0. The minimum atomic E-state index is -0.338. The average Bonchev–Trinajstić information content (AvgIpc) is 3.09. The van der Waals surface area contributed by atoms with Crippen LogP contribution in [0.3, 0.4) is 0 Å². The second kappa shape index (κ2) is 7.42. The predicted octanol–water partition coefficient (Wildman–Crippen LogP) is 4.73. The summed E-state index contributed by atoms with van der Waals surface area (Å²) in [5.41, 5.74) is 2.66. The van der Waals surface area contributed by atoms with Crippen LogP contribution >= 0.6 is 39.9 Å². The van der Waals surface area contributed by atoms with E-state index in [0.29, 0.717) is 21.3 Å². The van der Waals surface area contributed by atoms with E-state index in [1.54, 1.807) is 17.0 Å². The SMILES string of the molecule is CCN1C(=O)C(=C2SC(=S)N(Cc3ccc(F)cc3)C2=O)c2cc(Br)ccc21. The third-order valence-electron chi connectivity index (χ3n) is 4.62. The maximum Gasteiger partial charge on any atom is 0.267 e. The summed E-state index contributed by atoms with van der Waals surface area (Å²) in [6.07, 6.45) is 0. The van der Waals surface area contributed by atoms with Crippen molar-refractivity contribution in [3.63, 3.8) is 0 Å². The monoisotopic (exact) mass is 476 g/mol. The normalized spacial score (nSPS) is 19.0. The molecule has 0 atom stereocenters. The summed E-state index contributed by atoms with van der Waals surface area (Å²) in [7, 11) is 0. The number of carbonyl (C=O) groups is 2. The zero-order chi connectivity index (χ0) is 20.0. The highest BCUT2D eigenvalue weighted by atomic mass is 79.9. The molecule has 2 aromatic rings. The number of amides is 2. The van der Waals surface area contributed by atoms with Crippen LogP contribution in [0.2, 0.25) is 0 Å². The van der Waals surface area contributed by atoms with Crippen molar-refractivity contribution in [1.82, 2.24) is 4.90 Å². The van der Waals surface area contributed by atoms with E-state index in [4.69, 9.17) is 12.2 Å². The molecule has 0 aromatic heterocycles. The first-order valence-corrected chi connectivity index (χ1v) is 10.6. The molecule has 2 aromatic carbocycles. The van der Waals surface area contributed by atoms with Crippen molar-refractivity contribution < 1.29 is 14.0 Å². The Morgan fingerprint density at radius 3 is 2.46 bits per heavy atom. The molecule has 142 valence electrons. The first-order chi connectivity index (χ1) is 13.4. The van der Waals surface area contributed by atoms with Crippen LogP contribution < -0.4 is 4.90 Å². The number of rotatable bonds is 3. The predicted molar refractivity (Wildman–Crippen MR) is 116 cm³/mol. The van der Waals surface area contributed by atoms with Gasteiger partial charge >= 0.3 is 0 Å². The Morgan fingerprint density at radius 2 is 1.79 bits per heavy atom. The maximum absolute atomic E-state index is 13.1. The van der Waals surface area contributed by atoms with Crippen LogP contribution in [-0.2, 0) is 16.1 Å². The third-order valence-corrected chi connectivity index (χ3v) is 6.57. The highest BCUT2D eigenvalue weighted by molar-refractivity contribution is 9.10. The van der Waals surface area contributed by atoms with E-state index in [1.807, 2.05) is 25.1 Å². The fourth-order valence-corrected chi connectivity index (χ4v) is 4.98. The molecule has 0 saturated carbocycles. The van der Waals surface area contributed by atoms with Gasteiger partial charge in [-0.25, -0.2) is 4.39 Å². The largest absolute Gasteiger partial charge is 0.308 e. The Labute approximate surface area is 179 Å². The van der Waals surface area contributed by atoms with Gasteiger partial charge in [-0.3, -0.25) is 14.5 Å². The van der Waals surface area contributed by atoms with Crippen molar-refractivity contribution >= 4 is 67.3 Å². The molecule has 8 heteroatoms. The topological polar surface area (TPSA) is 40.6 Å². The standard InChI is InChI=1S/C20H14BrFN2O2S2/c1-2-23-15-8-5-12(21)9-14(15)16(18(23)25)17-19(26)24(20(27)28-17)10-11-3-6-13(22)7-4-11/h3-9H,2,10H2,1H3. The smallest absolute Gasteiger partial charge is 0.267 e. The van der Waals surface area contributed by atoms with Crippen LogP contribution in [0.25, 0.3) is 5.57 Å².